The van der Waals surface area contributed by atoms with E-state index in [0.29, 0.717) is 33.5 Å². The molecule has 1 amide bonds. The van der Waals surface area contributed by atoms with Crippen LogP contribution in [0.2, 0.25) is 0 Å². The minimum atomic E-state index is -0.337. The molecule has 1 heterocycles. The summed E-state index contributed by atoms with van der Waals surface area (Å²) in [6.07, 6.45) is 0.529. The molecule has 1 saturated heterocycles. The third-order valence-electron chi connectivity index (χ3n) is 2.67. The molecule has 1 unspecified atom stereocenters. The van der Waals surface area contributed by atoms with Crippen LogP contribution >= 0.6 is 47.8 Å². The highest BCUT2D eigenvalue weighted by molar-refractivity contribution is 9.11. The van der Waals surface area contributed by atoms with Crippen LogP contribution in [0.15, 0.2) is 21.1 Å². The Bertz CT molecular complexity index is 443. The molecule has 6 heteroatoms. The van der Waals surface area contributed by atoms with E-state index >= 15 is 0 Å². The van der Waals surface area contributed by atoms with E-state index in [4.69, 9.17) is 0 Å². The molecular weight excluding hydrogens is 421 g/mol. The first-order valence-electron chi connectivity index (χ1n) is 5.03. The minimum absolute atomic E-state index is 0.0717. The average molecular weight is 430 g/mol. The third-order valence-corrected chi connectivity index (χ3v) is 4.80. The topological polar surface area (TPSA) is 20.3 Å². The highest BCUT2D eigenvalue weighted by Gasteiger charge is 2.32. The van der Waals surface area contributed by atoms with Crippen molar-refractivity contribution in [1.82, 2.24) is 0 Å². The van der Waals surface area contributed by atoms with Crippen LogP contribution in [-0.4, -0.2) is 17.8 Å². The predicted octanol–water partition coefficient (Wildman–Crippen LogP) is 4.10. The molecule has 0 saturated carbocycles. The lowest BCUT2D eigenvalue weighted by Gasteiger charge is -2.20. The molecule has 1 atom stereocenters. The summed E-state index contributed by atoms with van der Waals surface area (Å²) in [5, 5.41) is 0.797. The Hall–Kier alpha value is 0.0600. The number of alkyl halides is 1. The Labute approximate surface area is 124 Å². The molecule has 1 aromatic rings. The van der Waals surface area contributed by atoms with Gasteiger partial charge in [-0.15, -0.1) is 0 Å². The largest absolute Gasteiger partial charge is 0.310 e. The maximum Gasteiger partial charge on any atom is 0.227 e. The maximum absolute atomic E-state index is 13.2. The zero-order chi connectivity index (χ0) is 12.6. The number of hydrogen-bond donors (Lipinski definition) is 0. The van der Waals surface area contributed by atoms with E-state index in [1.54, 1.807) is 4.90 Å². The van der Waals surface area contributed by atoms with Crippen molar-refractivity contribution in [2.24, 2.45) is 5.92 Å². The van der Waals surface area contributed by atoms with Crippen molar-refractivity contribution in [2.45, 2.75) is 6.42 Å². The van der Waals surface area contributed by atoms with Crippen LogP contribution in [0.5, 0.6) is 0 Å². The lowest BCUT2D eigenvalue weighted by Crippen LogP contribution is -2.25. The molecule has 17 heavy (non-hydrogen) atoms. The fourth-order valence-electron chi connectivity index (χ4n) is 1.89. The number of anilines is 1. The van der Waals surface area contributed by atoms with E-state index in [1.807, 2.05) is 0 Å². The molecule has 2 rings (SSSR count). The number of nitrogens with zero attached hydrogens (tertiary/aromatic N) is 1. The van der Waals surface area contributed by atoms with Gasteiger partial charge in [-0.05, 0) is 49.9 Å². The monoisotopic (exact) mass is 427 g/mol. The molecule has 1 aliphatic heterocycles. The van der Waals surface area contributed by atoms with Crippen molar-refractivity contribution in [3.63, 3.8) is 0 Å². The summed E-state index contributed by atoms with van der Waals surface area (Å²) in [7, 11) is 0. The van der Waals surface area contributed by atoms with Gasteiger partial charge in [0.05, 0.1) is 5.69 Å². The van der Waals surface area contributed by atoms with Crippen molar-refractivity contribution in [1.29, 1.82) is 0 Å². The summed E-state index contributed by atoms with van der Waals surface area (Å²) in [5.41, 5.74) is 0.708. The number of rotatable bonds is 2. The van der Waals surface area contributed by atoms with E-state index in [9.17, 15) is 9.18 Å². The first-order chi connectivity index (χ1) is 8.02. The van der Waals surface area contributed by atoms with Crippen LogP contribution in [0.1, 0.15) is 6.42 Å². The second kappa shape index (κ2) is 5.36. The van der Waals surface area contributed by atoms with Crippen LogP contribution in [-0.2, 0) is 4.79 Å². The van der Waals surface area contributed by atoms with Crippen LogP contribution in [0.3, 0.4) is 0 Å². The van der Waals surface area contributed by atoms with Crippen LogP contribution in [0.25, 0.3) is 0 Å². The summed E-state index contributed by atoms with van der Waals surface area (Å²) >= 11 is 9.99. The lowest BCUT2D eigenvalue weighted by molar-refractivity contribution is -0.117. The molecule has 0 radical (unpaired) electrons. The number of halogens is 4. The number of carbonyl (C=O) groups is 1. The van der Waals surface area contributed by atoms with Gasteiger partial charge in [0.1, 0.15) is 5.82 Å². The molecule has 92 valence electrons. The Morgan fingerprint density at radius 2 is 1.94 bits per heavy atom. The van der Waals surface area contributed by atoms with Crippen LogP contribution < -0.4 is 4.90 Å². The number of amides is 1. The number of benzene rings is 1. The van der Waals surface area contributed by atoms with Crippen molar-refractivity contribution >= 4 is 59.4 Å². The summed E-state index contributed by atoms with van der Waals surface area (Å²) in [4.78, 5) is 13.6. The molecule has 0 N–H and O–H groups in total. The van der Waals surface area contributed by atoms with Gasteiger partial charge in [-0.1, -0.05) is 15.9 Å². The molecule has 0 aliphatic carbocycles. The first kappa shape index (κ1) is 13.5. The number of carbonyl (C=O) groups excluding carboxylic acids is 1. The fraction of sp³-hybridized carbons (Fsp3) is 0.364. The van der Waals surface area contributed by atoms with Gasteiger partial charge in [0.15, 0.2) is 0 Å². The summed E-state index contributed by atoms with van der Waals surface area (Å²) in [6, 6.07) is 2.74. The van der Waals surface area contributed by atoms with Gasteiger partial charge in [-0.3, -0.25) is 4.79 Å². The quantitative estimate of drug-likeness (QED) is 0.648. The molecule has 0 bridgehead atoms. The third kappa shape index (κ3) is 2.74. The molecule has 2 nitrogen and oxygen atoms in total. The Balaban J connectivity index is 2.38. The minimum Gasteiger partial charge on any atom is -0.310 e. The number of hydrogen-bond acceptors (Lipinski definition) is 1. The van der Waals surface area contributed by atoms with Gasteiger partial charge in [-0.25, -0.2) is 4.39 Å². The van der Waals surface area contributed by atoms with Crippen LogP contribution in [0.4, 0.5) is 10.1 Å². The van der Waals surface area contributed by atoms with Gasteiger partial charge in [-0.2, -0.15) is 0 Å². The molecule has 0 aromatic heterocycles. The Morgan fingerprint density at radius 1 is 1.35 bits per heavy atom. The van der Waals surface area contributed by atoms with E-state index < -0.39 is 0 Å². The highest BCUT2D eigenvalue weighted by atomic mass is 79.9. The zero-order valence-corrected chi connectivity index (χ0v) is 13.5. The normalized spacial score (nSPS) is 20.1. The van der Waals surface area contributed by atoms with Gasteiger partial charge >= 0.3 is 0 Å². The van der Waals surface area contributed by atoms with Crippen molar-refractivity contribution in [2.75, 3.05) is 16.8 Å². The molecule has 1 aliphatic rings. The average Bonchev–Trinajstić information content (AvgIpc) is 2.59. The van der Waals surface area contributed by atoms with E-state index in [1.165, 1.54) is 12.1 Å². The summed E-state index contributed by atoms with van der Waals surface area (Å²) < 4.78 is 14.3. The second-order valence-electron chi connectivity index (χ2n) is 3.95. The highest BCUT2D eigenvalue weighted by Crippen LogP contribution is 2.38. The van der Waals surface area contributed by atoms with Gasteiger partial charge in [0.2, 0.25) is 5.91 Å². The zero-order valence-electron chi connectivity index (χ0n) is 8.72. The van der Waals surface area contributed by atoms with Crippen LogP contribution in [0, 0.1) is 11.7 Å². The predicted molar refractivity (Wildman–Crippen MR) is 76.1 cm³/mol. The summed E-state index contributed by atoms with van der Waals surface area (Å²) in [6.45, 7) is 0.660. The SMILES string of the molecule is O=C1CC(CBr)CN1c1c(Br)cc(F)cc1Br. The fourth-order valence-corrected chi connectivity index (χ4v) is 3.89. The Kier molecular flexibility index (Phi) is 4.26. The molecular formula is C11H9Br3FNO. The Morgan fingerprint density at radius 3 is 2.41 bits per heavy atom. The van der Waals surface area contributed by atoms with E-state index in [-0.39, 0.29) is 11.7 Å². The summed E-state index contributed by atoms with van der Waals surface area (Å²) in [5.74, 6) is 0.0463. The smallest absolute Gasteiger partial charge is 0.227 e. The first-order valence-corrected chi connectivity index (χ1v) is 7.74. The van der Waals surface area contributed by atoms with Gasteiger partial charge in [0.25, 0.3) is 0 Å². The van der Waals surface area contributed by atoms with Gasteiger partial charge < -0.3 is 4.90 Å². The van der Waals surface area contributed by atoms with Crippen molar-refractivity contribution in [3.8, 4) is 0 Å². The lowest BCUT2D eigenvalue weighted by atomic mass is 10.2. The van der Waals surface area contributed by atoms with E-state index in [2.05, 4.69) is 47.8 Å². The second-order valence-corrected chi connectivity index (χ2v) is 6.30. The molecule has 1 aromatic carbocycles. The van der Waals surface area contributed by atoms with Crippen molar-refractivity contribution < 1.29 is 9.18 Å². The molecule has 1 fully saturated rings. The maximum atomic E-state index is 13.2. The molecule has 0 spiro atoms. The van der Waals surface area contributed by atoms with E-state index in [0.717, 1.165) is 5.33 Å². The van der Waals surface area contributed by atoms with Crippen molar-refractivity contribution in [3.05, 3.63) is 26.9 Å². The standard InChI is InChI=1S/C11H9Br3FNO/c12-4-6-1-10(17)16(5-6)11-8(13)2-7(15)3-9(11)14/h2-3,6H,1,4-5H2. The van der Waals surface area contributed by atoms with Gasteiger partial charge in [0, 0.05) is 27.2 Å².